The van der Waals surface area contributed by atoms with Gasteiger partial charge in [0.25, 0.3) is 0 Å². The summed E-state index contributed by atoms with van der Waals surface area (Å²) in [6, 6.07) is 0.881. The largest absolute Gasteiger partial charge is 0.317 e. The molecule has 0 aromatic carbocycles. The average Bonchev–Trinajstić information content (AvgIpc) is 2.68. The Hall–Kier alpha value is -0.120. The van der Waals surface area contributed by atoms with Crippen molar-refractivity contribution >= 4 is 0 Å². The first kappa shape index (κ1) is 13.3. The van der Waals surface area contributed by atoms with E-state index in [0.717, 1.165) is 12.6 Å². The van der Waals surface area contributed by atoms with Crippen molar-refractivity contribution < 1.29 is 0 Å². The Balaban J connectivity index is 1.63. The van der Waals surface area contributed by atoms with Gasteiger partial charge in [0.2, 0.25) is 0 Å². The van der Waals surface area contributed by atoms with Gasteiger partial charge in [0.05, 0.1) is 0 Å². The Labute approximate surface area is 107 Å². The van der Waals surface area contributed by atoms with E-state index in [1.807, 2.05) is 0 Å². The molecule has 0 aromatic rings. The maximum absolute atomic E-state index is 3.41. The third kappa shape index (κ3) is 4.23. The quantitative estimate of drug-likeness (QED) is 0.710. The highest BCUT2D eigenvalue weighted by molar-refractivity contribution is 4.84. The van der Waals surface area contributed by atoms with Crippen molar-refractivity contribution in [3.8, 4) is 0 Å². The Kier molecular flexibility index (Phi) is 5.75. The number of nitrogens with zero attached hydrogens (tertiary/aromatic N) is 2. The van der Waals surface area contributed by atoms with Crippen LogP contribution < -0.4 is 5.32 Å². The summed E-state index contributed by atoms with van der Waals surface area (Å²) in [5.74, 6) is 0. The highest BCUT2D eigenvalue weighted by Gasteiger charge is 2.28. The van der Waals surface area contributed by atoms with Crippen LogP contribution in [0.1, 0.15) is 39.0 Å². The van der Waals surface area contributed by atoms with Crippen molar-refractivity contribution in [2.45, 2.75) is 45.1 Å². The molecule has 1 N–H and O–H groups in total. The minimum atomic E-state index is 0.881. The van der Waals surface area contributed by atoms with Gasteiger partial charge in [0.1, 0.15) is 0 Å². The van der Waals surface area contributed by atoms with E-state index in [4.69, 9.17) is 0 Å². The van der Waals surface area contributed by atoms with Gasteiger partial charge in [0.15, 0.2) is 0 Å². The van der Waals surface area contributed by atoms with E-state index in [2.05, 4.69) is 22.0 Å². The van der Waals surface area contributed by atoms with Crippen LogP contribution in [0, 0.1) is 0 Å². The summed E-state index contributed by atoms with van der Waals surface area (Å²) in [5.41, 5.74) is 0. The number of fused-ring (bicyclic) bond motifs is 1. The molecular formula is C14H29N3. The number of nitrogens with one attached hydrogen (secondary N) is 1. The van der Waals surface area contributed by atoms with Crippen LogP contribution in [0.3, 0.4) is 0 Å². The summed E-state index contributed by atoms with van der Waals surface area (Å²) in [7, 11) is 0. The van der Waals surface area contributed by atoms with Gasteiger partial charge in [-0.05, 0) is 71.4 Å². The molecule has 2 saturated heterocycles. The zero-order chi connectivity index (χ0) is 11.9. The fourth-order valence-electron chi connectivity index (χ4n) is 3.25. The molecule has 1 unspecified atom stereocenters. The highest BCUT2D eigenvalue weighted by Crippen LogP contribution is 2.21. The minimum Gasteiger partial charge on any atom is -0.317 e. The lowest BCUT2D eigenvalue weighted by molar-refractivity contribution is 0.218. The molecule has 2 heterocycles. The molecule has 3 nitrogen and oxygen atoms in total. The lowest BCUT2D eigenvalue weighted by atomic mass is 10.2. The third-order valence-corrected chi connectivity index (χ3v) is 4.22. The number of unbranched alkanes of at least 4 members (excludes halogenated alkanes) is 1. The first-order valence-corrected chi connectivity index (χ1v) is 7.57. The van der Waals surface area contributed by atoms with Gasteiger partial charge < -0.3 is 10.2 Å². The maximum Gasteiger partial charge on any atom is 0.0223 e. The van der Waals surface area contributed by atoms with E-state index in [-0.39, 0.29) is 0 Å². The third-order valence-electron chi connectivity index (χ3n) is 4.22. The summed E-state index contributed by atoms with van der Waals surface area (Å²) in [6.45, 7) is 11.2. The second kappa shape index (κ2) is 7.34. The fraction of sp³-hybridized carbons (Fsp3) is 1.00. The molecule has 1 atom stereocenters. The van der Waals surface area contributed by atoms with E-state index >= 15 is 0 Å². The number of hydrogen-bond donors (Lipinski definition) is 1. The second-order valence-electron chi connectivity index (χ2n) is 5.55. The predicted molar refractivity (Wildman–Crippen MR) is 73.4 cm³/mol. The van der Waals surface area contributed by atoms with Gasteiger partial charge >= 0.3 is 0 Å². The van der Waals surface area contributed by atoms with Crippen LogP contribution in [-0.4, -0.2) is 61.7 Å². The number of rotatable bonds is 6. The summed E-state index contributed by atoms with van der Waals surface area (Å²) in [4.78, 5) is 5.43. The second-order valence-corrected chi connectivity index (χ2v) is 5.55. The van der Waals surface area contributed by atoms with E-state index in [1.54, 1.807) is 0 Å². The normalized spacial score (nSPS) is 27.0. The van der Waals surface area contributed by atoms with Crippen molar-refractivity contribution in [3.05, 3.63) is 0 Å². The molecule has 0 spiro atoms. The zero-order valence-electron chi connectivity index (χ0n) is 11.5. The SMILES string of the molecule is CCNCCCCN1CCCN2CCCC2C1. The average molecular weight is 239 g/mol. The van der Waals surface area contributed by atoms with Crippen LogP contribution in [0.15, 0.2) is 0 Å². The molecule has 17 heavy (non-hydrogen) atoms. The van der Waals surface area contributed by atoms with Crippen LogP contribution >= 0.6 is 0 Å². The van der Waals surface area contributed by atoms with E-state index < -0.39 is 0 Å². The number of hydrogen-bond acceptors (Lipinski definition) is 3. The van der Waals surface area contributed by atoms with Gasteiger partial charge in [-0.1, -0.05) is 6.92 Å². The standard InChI is InChI=1S/C14H29N3/c1-2-15-8-3-4-9-16-10-6-12-17-11-5-7-14(17)13-16/h14-15H,2-13H2,1H3. The first-order valence-electron chi connectivity index (χ1n) is 7.57. The molecule has 0 radical (unpaired) electrons. The van der Waals surface area contributed by atoms with Gasteiger partial charge in [-0.15, -0.1) is 0 Å². The maximum atomic E-state index is 3.41. The zero-order valence-corrected chi connectivity index (χ0v) is 11.5. The van der Waals surface area contributed by atoms with Gasteiger partial charge in [-0.25, -0.2) is 0 Å². The summed E-state index contributed by atoms with van der Waals surface area (Å²) in [5, 5.41) is 3.41. The Morgan fingerprint density at radius 2 is 2.00 bits per heavy atom. The molecule has 2 aliphatic rings. The van der Waals surface area contributed by atoms with Crippen LogP contribution in [0.25, 0.3) is 0 Å². The predicted octanol–water partition coefficient (Wildman–Crippen LogP) is 1.55. The van der Waals surface area contributed by atoms with Gasteiger partial charge in [-0.3, -0.25) is 4.90 Å². The first-order chi connectivity index (χ1) is 8.40. The van der Waals surface area contributed by atoms with Gasteiger partial charge in [0, 0.05) is 12.6 Å². The Morgan fingerprint density at radius 1 is 1.12 bits per heavy atom. The molecule has 2 rings (SSSR count). The van der Waals surface area contributed by atoms with Crippen molar-refractivity contribution in [3.63, 3.8) is 0 Å². The summed E-state index contributed by atoms with van der Waals surface area (Å²) in [6.07, 6.45) is 6.94. The fourth-order valence-corrected chi connectivity index (χ4v) is 3.25. The molecule has 100 valence electrons. The molecule has 2 aliphatic heterocycles. The van der Waals surface area contributed by atoms with Crippen LogP contribution in [0.4, 0.5) is 0 Å². The minimum absolute atomic E-state index is 0.881. The molecule has 0 amide bonds. The van der Waals surface area contributed by atoms with Crippen LogP contribution in [0.5, 0.6) is 0 Å². The van der Waals surface area contributed by atoms with E-state index in [9.17, 15) is 0 Å². The molecule has 0 aliphatic carbocycles. The molecule has 2 fully saturated rings. The summed E-state index contributed by atoms with van der Waals surface area (Å²) < 4.78 is 0. The van der Waals surface area contributed by atoms with Crippen molar-refractivity contribution in [1.29, 1.82) is 0 Å². The van der Waals surface area contributed by atoms with Crippen molar-refractivity contribution in [2.75, 3.05) is 45.8 Å². The monoisotopic (exact) mass is 239 g/mol. The highest BCUT2D eigenvalue weighted by atomic mass is 15.3. The molecule has 3 heteroatoms. The lowest BCUT2D eigenvalue weighted by Crippen LogP contribution is -2.37. The molecular weight excluding hydrogens is 210 g/mol. The Bertz CT molecular complexity index is 208. The Morgan fingerprint density at radius 3 is 2.88 bits per heavy atom. The van der Waals surface area contributed by atoms with Crippen molar-refractivity contribution in [2.24, 2.45) is 0 Å². The lowest BCUT2D eigenvalue weighted by Gasteiger charge is -2.25. The van der Waals surface area contributed by atoms with Gasteiger partial charge in [-0.2, -0.15) is 0 Å². The smallest absolute Gasteiger partial charge is 0.0223 e. The van der Waals surface area contributed by atoms with E-state index in [0.29, 0.717) is 0 Å². The topological polar surface area (TPSA) is 18.5 Å². The van der Waals surface area contributed by atoms with Crippen LogP contribution in [0.2, 0.25) is 0 Å². The molecule has 0 saturated carbocycles. The van der Waals surface area contributed by atoms with Crippen molar-refractivity contribution in [1.82, 2.24) is 15.1 Å². The molecule has 0 bridgehead atoms. The molecule has 0 aromatic heterocycles. The van der Waals surface area contributed by atoms with Crippen LogP contribution in [-0.2, 0) is 0 Å². The summed E-state index contributed by atoms with van der Waals surface area (Å²) >= 11 is 0. The van der Waals surface area contributed by atoms with E-state index in [1.165, 1.54) is 71.4 Å².